The van der Waals surface area contributed by atoms with Crippen LogP contribution in [0.15, 0.2) is 24.3 Å². The second-order valence-corrected chi connectivity index (χ2v) is 6.45. The number of carbonyl (C=O) groups is 3. The van der Waals surface area contributed by atoms with Crippen molar-refractivity contribution < 1.29 is 23.9 Å². The van der Waals surface area contributed by atoms with E-state index in [1.54, 1.807) is 52.0 Å². The van der Waals surface area contributed by atoms with Gasteiger partial charge in [0.2, 0.25) is 5.91 Å². The molecule has 1 aromatic rings. The molecule has 0 radical (unpaired) electrons. The molecule has 0 aliphatic rings. The van der Waals surface area contributed by atoms with Crippen molar-refractivity contribution in [3.8, 4) is 0 Å². The summed E-state index contributed by atoms with van der Waals surface area (Å²) in [4.78, 5) is 35.3. The largest absolute Gasteiger partial charge is 0.465 e. The summed E-state index contributed by atoms with van der Waals surface area (Å²) < 4.78 is 9.82. The zero-order valence-electron chi connectivity index (χ0n) is 15.4. The first-order valence-electron chi connectivity index (χ1n) is 8.13. The zero-order valence-corrected chi connectivity index (χ0v) is 15.4. The van der Waals surface area contributed by atoms with Crippen LogP contribution in [-0.4, -0.2) is 42.2 Å². The minimum atomic E-state index is -0.671. The number of ether oxygens (including phenoxy) is 2. The fraction of sp³-hybridized carbons (Fsp3) is 0.500. The fourth-order valence-electron chi connectivity index (χ4n) is 2.01. The van der Waals surface area contributed by atoms with E-state index >= 15 is 0 Å². The third-order valence-electron chi connectivity index (χ3n) is 3.23. The first-order valence-corrected chi connectivity index (χ1v) is 8.13. The summed E-state index contributed by atoms with van der Waals surface area (Å²) in [5.41, 5.74) is 3.22. The van der Waals surface area contributed by atoms with E-state index < -0.39 is 17.7 Å². The molecule has 0 saturated carbocycles. The maximum absolute atomic E-state index is 12.0. The fourth-order valence-corrected chi connectivity index (χ4v) is 2.01. The number of hydrazine groups is 1. The normalized spacial score (nSPS) is 10.8. The molecule has 0 atom stereocenters. The summed E-state index contributed by atoms with van der Waals surface area (Å²) in [5.74, 6) is -0.613. The Labute approximate surface area is 148 Å². The number of benzene rings is 1. The number of hydrogen-bond acceptors (Lipinski definition) is 5. The Morgan fingerprint density at radius 2 is 1.72 bits per heavy atom. The van der Waals surface area contributed by atoms with Crippen LogP contribution in [0, 0.1) is 0 Å². The van der Waals surface area contributed by atoms with Crippen LogP contribution in [0.2, 0.25) is 0 Å². The standard InChI is InChI=1S/C18H26N2O5/c1-6-15(21)20(19-17(23)25-18(2,3)4)12-11-13-7-9-14(10-8-13)16(22)24-5/h7-10H,6,11-12H2,1-5H3,(H,19,23). The topological polar surface area (TPSA) is 84.9 Å². The predicted molar refractivity (Wildman–Crippen MR) is 92.9 cm³/mol. The van der Waals surface area contributed by atoms with Gasteiger partial charge >= 0.3 is 12.1 Å². The highest BCUT2D eigenvalue weighted by Gasteiger charge is 2.20. The van der Waals surface area contributed by atoms with Crippen molar-refractivity contribution >= 4 is 18.0 Å². The molecule has 0 fully saturated rings. The third kappa shape index (κ3) is 7.24. The molecule has 1 N–H and O–H groups in total. The molecule has 2 amide bonds. The predicted octanol–water partition coefficient (Wildman–Crippen LogP) is 2.69. The second-order valence-electron chi connectivity index (χ2n) is 6.45. The molecular formula is C18H26N2O5. The molecule has 1 rings (SSSR count). The Balaban J connectivity index is 2.68. The maximum atomic E-state index is 12.0. The Kier molecular flexibility index (Phi) is 7.42. The molecule has 0 saturated heterocycles. The van der Waals surface area contributed by atoms with Crippen LogP contribution in [0.5, 0.6) is 0 Å². The van der Waals surface area contributed by atoms with Gasteiger partial charge in [-0.05, 0) is 44.9 Å². The van der Waals surface area contributed by atoms with Crippen molar-refractivity contribution in [2.24, 2.45) is 0 Å². The number of rotatable bonds is 5. The Hall–Kier alpha value is -2.57. The van der Waals surface area contributed by atoms with Gasteiger partial charge in [0.15, 0.2) is 0 Å². The summed E-state index contributed by atoms with van der Waals surface area (Å²) in [5, 5.41) is 1.25. The van der Waals surface area contributed by atoms with Gasteiger partial charge in [0.25, 0.3) is 0 Å². The van der Waals surface area contributed by atoms with Crippen LogP contribution in [-0.2, 0) is 20.7 Å². The van der Waals surface area contributed by atoms with E-state index in [1.807, 2.05) is 0 Å². The maximum Gasteiger partial charge on any atom is 0.426 e. The van der Waals surface area contributed by atoms with Crippen LogP contribution in [0.3, 0.4) is 0 Å². The number of nitrogens with zero attached hydrogens (tertiary/aromatic N) is 1. The average molecular weight is 350 g/mol. The molecule has 0 bridgehead atoms. The summed E-state index contributed by atoms with van der Waals surface area (Å²) in [6, 6.07) is 6.89. The first-order chi connectivity index (χ1) is 11.7. The number of nitrogens with one attached hydrogen (secondary N) is 1. The van der Waals surface area contributed by atoms with Crippen molar-refractivity contribution in [3.63, 3.8) is 0 Å². The van der Waals surface area contributed by atoms with Crippen molar-refractivity contribution in [2.45, 2.75) is 46.1 Å². The summed E-state index contributed by atoms with van der Waals surface area (Å²) in [6.45, 7) is 7.27. The third-order valence-corrected chi connectivity index (χ3v) is 3.23. The van der Waals surface area contributed by atoms with Gasteiger partial charge in [-0.2, -0.15) is 0 Å². The highest BCUT2D eigenvalue weighted by atomic mass is 16.6. The average Bonchev–Trinajstić information content (AvgIpc) is 2.56. The minimum absolute atomic E-state index is 0.211. The Bertz CT molecular complexity index is 605. The lowest BCUT2D eigenvalue weighted by molar-refractivity contribution is -0.134. The van der Waals surface area contributed by atoms with E-state index in [0.29, 0.717) is 18.5 Å². The van der Waals surface area contributed by atoms with Gasteiger partial charge in [-0.1, -0.05) is 19.1 Å². The summed E-state index contributed by atoms with van der Waals surface area (Å²) in [6.07, 6.45) is 0.107. The van der Waals surface area contributed by atoms with E-state index in [2.05, 4.69) is 10.2 Å². The Morgan fingerprint density at radius 1 is 1.12 bits per heavy atom. The molecule has 7 heteroatoms. The second kappa shape index (κ2) is 9.05. The molecule has 25 heavy (non-hydrogen) atoms. The van der Waals surface area contributed by atoms with Crippen molar-refractivity contribution in [3.05, 3.63) is 35.4 Å². The van der Waals surface area contributed by atoms with Gasteiger partial charge in [-0.15, -0.1) is 0 Å². The van der Waals surface area contributed by atoms with Gasteiger partial charge in [0, 0.05) is 13.0 Å². The van der Waals surface area contributed by atoms with E-state index in [-0.39, 0.29) is 12.3 Å². The molecule has 1 aromatic carbocycles. The highest BCUT2D eigenvalue weighted by Crippen LogP contribution is 2.09. The molecule has 0 spiro atoms. The Morgan fingerprint density at radius 3 is 2.20 bits per heavy atom. The van der Waals surface area contributed by atoms with Gasteiger partial charge in [0.05, 0.1) is 12.7 Å². The summed E-state index contributed by atoms with van der Waals surface area (Å²) >= 11 is 0. The zero-order chi connectivity index (χ0) is 19.0. The summed E-state index contributed by atoms with van der Waals surface area (Å²) in [7, 11) is 1.33. The van der Waals surface area contributed by atoms with Gasteiger partial charge < -0.3 is 9.47 Å². The smallest absolute Gasteiger partial charge is 0.426 e. The van der Waals surface area contributed by atoms with E-state index in [1.165, 1.54) is 12.1 Å². The molecule has 0 unspecified atom stereocenters. The number of hydrogen-bond donors (Lipinski definition) is 1. The quantitative estimate of drug-likeness (QED) is 0.652. The molecule has 0 aliphatic heterocycles. The van der Waals surface area contributed by atoms with Gasteiger partial charge in [0.1, 0.15) is 5.60 Å². The lowest BCUT2D eigenvalue weighted by atomic mass is 10.1. The first kappa shape index (κ1) is 20.5. The molecule has 0 aromatic heterocycles. The van der Waals surface area contributed by atoms with E-state index in [9.17, 15) is 14.4 Å². The SMILES string of the molecule is CCC(=O)N(CCc1ccc(C(=O)OC)cc1)NC(=O)OC(C)(C)C. The number of amides is 2. The lowest BCUT2D eigenvalue weighted by Gasteiger charge is -2.26. The van der Waals surface area contributed by atoms with Gasteiger partial charge in [-0.3, -0.25) is 9.80 Å². The van der Waals surface area contributed by atoms with Gasteiger partial charge in [-0.25, -0.2) is 15.0 Å². The molecular weight excluding hydrogens is 324 g/mol. The monoisotopic (exact) mass is 350 g/mol. The molecule has 7 nitrogen and oxygen atoms in total. The van der Waals surface area contributed by atoms with Crippen LogP contribution in [0.25, 0.3) is 0 Å². The van der Waals surface area contributed by atoms with E-state index in [0.717, 1.165) is 5.56 Å². The van der Waals surface area contributed by atoms with Crippen molar-refractivity contribution in [1.82, 2.24) is 10.4 Å². The minimum Gasteiger partial charge on any atom is -0.465 e. The lowest BCUT2D eigenvalue weighted by Crippen LogP contribution is -2.48. The van der Waals surface area contributed by atoms with Crippen LogP contribution < -0.4 is 5.43 Å². The molecule has 0 aliphatic carbocycles. The number of carbonyl (C=O) groups excluding carboxylic acids is 3. The van der Waals surface area contributed by atoms with Crippen molar-refractivity contribution in [2.75, 3.05) is 13.7 Å². The molecule has 138 valence electrons. The van der Waals surface area contributed by atoms with Crippen LogP contribution in [0.4, 0.5) is 4.79 Å². The highest BCUT2D eigenvalue weighted by molar-refractivity contribution is 5.89. The van der Waals surface area contributed by atoms with Crippen LogP contribution in [0.1, 0.15) is 50.0 Å². The van der Waals surface area contributed by atoms with E-state index in [4.69, 9.17) is 4.74 Å². The van der Waals surface area contributed by atoms with Crippen LogP contribution >= 0.6 is 0 Å². The number of esters is 1. The van der Waals surface area contributed by atoms with Crippen molar-refractivity contribution in [1.29, 1.82) is 0 Å². The number of methoxy groups -OCH3 is 1. The molecule has 0 heterocycles.